The van der Waals surface area contributed by atoms with E-state index in [-0.39, 0.29) is 5.82 Å². The van der Waals surface area contributed by atoms with Crippen LogP contribution in [0.1, 0.15) is 5.82 Å². The summed E-state index contributed by atoms with van der Waals surface area (Å²) in [5.41, 5.74) is -1.19. The van der Waals surface area contributed by atoms with Crippen LogP contribution in [-0.4, -0.2) is 24.7 Å². The Hall–Kier alpha value is -2.38. The molecule has 2 rings (SSSR count). The number of nitrogens with one attached hydrogen (secondary N) is 3. The Bertz CT molecular complexity index is 595. The number of nitrogens with zero attached hydrogens (tertiary/aromatic N) is 3. The predicted molar refractivity (Wildman–Crippen MR) is 56.0 cm³/mol. The van der Waals surface area contributed by atoms with Crippen molar-refractivity contribution in [2.45, 2.75) is 6.54 Å². The molecule has 2 aromatic heterocycles. The van der Waals surface area contributed by atoms with Crippen molar-refractivity contribution in [3.05, 3.63) is 39.1 Å². The summed E-state index contributed by atoms with van der Waals surface area (Å²) in [5, 5.41) is 8.49. The number of hydrogen-bond acceptors (Lipinski definition) is 5. The number of aromatic amines is 2. The summed E-state index contributed by atoms with van der Waals surface area (Å²) in [7, 11) is 1.84. The van der Waals surface area contributed by atoms with Crippen LogP contribution in [0.15, 0.2) is 22.0 Å². The van der Waals surface area contributed by atoms with Crippen LogP contribution in [-0.2, 0) is 13.6 Å². The Morgan fingerprint density at radius 3 is 2.94 bits per heavy atom. The van der Waals surface area contributed by atoms with Crippen LogP contribution in [0.3, 0.4) is 0 Å². The van der Waals surface area contributed by atoms with E-state index in [9.17, 15) is 9.59 Å². The number of rotatable bonds is 3. The van der Waals surface area contributed by atoms with Crippen molar-refractivity contribution in [3.63, 3.8) is 0 Å². The lowest BCUT2D eigenvalue weighted by molar-refractivity contribution is 0.801. The first kappa shape index (κ1) is 10.1. The van der Waals surface area contributed by atoms with Crippen molar-refractivity contribution >= 4 is 5.82 Å². The summed E-state index contributed by atoms with van der Waals surface area (Å²) >= 11 is 0. The third-order valence-corrected chi connectivity index (χ3v) is 2.05. The first-order chi connectivity index (χ1) is 7.66. The molecule has 0 saturated heterocycles. The van der Waals surface area contributed by atoms with Gasteiger partial charge in [-0.3, -0.25) is 9.78 Å². The van der Waals surface area contributed by atoms with Gasteiger partial charge >= 0.3 is 5.69 Å². The summed E-state index contributed by atoms with van der Waals surface area (Å²) in [6.45, 7) is 0.353. The molecule has 0 fully saturated rings. The second-order valence-corrected chi connectivity index (χ2v) is 3.16. The number of imidazole rings is 1. The van der Waals surface area contributed by atoms with E-state index in [1.165, 1.54) is 0 Å². The highest BCUT2D eigenvalue weighted by Gasteiger charge is 2.03. The van der Waals surface area contributed by atoms with Gasteiger partial charge in [-0.2, -0.15) is 0 Å². The van der Waals surface area contributed by atoms with E-state index < -0.39 is 11.2 Å². The van der Waals surface area contributed by atoms with Gasteiger partial charge < -0.3 is 9.88 Å². The van der Waals surface area contributed by atoms with Gasteiger partial charge in [0.05, 0.1) is 6.54 Å². The molecule has 84 valence electrons. The highest BCUT2D eigenvalue weighted by Crippen LogP contribution is 1.96. The van der Waals surface area contributed by atoms with Crippen LogP contribution in [0.4, 0.5) is 5.82 Å². The van der Waals surface area contributed by atoms with Crippen LogP contribution in [0, 0.1) is 0 Å². The topological polar surface area (TPSA) is 108 Å². The second kappa shape index (κ2) is 4.01. The van der Waals surface area contributed by atoms with Gasteiger partial charge in [-0.1, -0.05) is 0 Å². The smallest absolute Gasteiger partial charge is 0.342 e. The zero-order valence-corrected chi connectivity index (χ0v) is 8.52. The molecule has 0 aromatic carbocycles. The minimum Gasteiger partial charge on any atom is -0.357 e. The lowest BCUT2D eigenvalue weighted by atomic mass is 10.5. The molecule has 0 aliphatic carbocycles. The van der Waals surface area contributed by atoms with E-state index in [4.69, 9.17) is 0 Å². The molecule has 0 bridgehead atoms. The van der Waals surface area contributed by atoms with Crippen LogP contribution < -0.4 is 16.6 Å². The molecule has 8 heteroatoms. The van der Waals surface area contributed by atoms with Crippen molar-refractivity contribution in [2.75, 3.05) is 5.32 Å². The minimum absolute atomic E-state index is 0.0580. The van der Waals surface area contributed by atoms with Crippen molar-refractivity contribution in [1.29, 1.82) is 0 Å². The molecule has 0 aliphatic rings. The van der Waals surface area contributed by atoms with Gasteiger partial charge in [0.25, 0.3) is 5.56 Å². The number of anilines is 1. The van der Waals surface area contributed by atoms with Crippen LogP contribution in [0.2, 0.25) is 0 Å². The van der Waals surface area contributed by atoms with Crippen LogP contribution in [0.5, 0.6) is 0 Å². The third-order valence-electron chi connectivity index (χ3n) is 2.05. The SMILES string of the molecule is Cn1ccnc1CNc1n[nH]c(=O)[nH]c1=O. The fourth-order valence-corrected chi connectivity index (χ4v) is 1.20. The van der Waals surface area contributed by atoms with Crippen LogP contribution in [0.25, 0.3) is 0 Å². The number of aryl methyl sites for hydroxylation is 1. The van der Waals surface area contributed by atoms with E-state index in [0.717, 1.165) is 5.82 Å². The quantitative estimate of drug-likeness (QED) is 0.604. The van der Waals surface area contributed by atoms with Gasteiger partial charge in [0.15, 0.2) is 0 Å². The zero-order chi connectivity index (χ0) is 11.5. The molecule has 0 amide bonds. The fourth-order valence-electron chi connectivity index (χ4n) is 1.20. The first-order valence-corrected chi connectivity index (χ1v) is 4.56. The largest absolute Gasteiger partial charge is 0.357 e. The summed E-state index contributed by atoms with van der Waals surface area (Å²) in [5.74, 6) is 0.815. The molecule has 0 saturated carbocycles. The third kappa shape index (κ3) is 2.00. The summed E-state index contributed by atoms with van der Waals surface area (Å²) in [4.78, 5) is 28.1. The molecule has 0 unspecified atom stereocenters. The maximum absolute atomic E-state index is 11.3. The molecule has 0 radical (unpaired) electrons. The molecule has 8 nitrogen and oxygen atoms in total. The molecule has 3 N–H and O–H groups in total. The standard InChI is InChI=1S/C8H10N6O2/c1-14-3-2-9-5(14)4-10-6-7(15)11-8(16)13-12-6/h2-3H,4H2,1H3,(H,10,12)(H2,11,13,15,16). The summed E-state index contributed by atoms with van der Waals surface area (Å²) in [6.07, 6.45) is 3.45. The average Bonchev–Trinajstić information content (AvgIpc) is 2.63. The molecular weight excluding hydrogens is 212 g/mol. The van der Waals surface area contributed by atoms with Crippen molar-refractivity contribution < 1.29 is 0 Å². The number of aromatic nitrogens is 5. The maximum atomic E-state index is 11.3. The summed E-state index contributed by atoms with van der Waals surface area (Å²) in [6, 6.07) is 0. The monoisotopic (exact) mass is 222 g/mol. The van der Waals surface area contributed by atoms with Gasteiger partial charge in [0, 0.05) is 19.4 Å². The van der Waals surface area contributed by atoms with E-state index in [1.807, 2.05) is 11.6 Å². The lowest BCUT2D eigenvalue weighted by Crippen LogP contribution is -2.27. The van der Waals surface area contributed by atoms with Crippen molar-refractivity contribution in [3.8, 4) is 0 Å². The van der Waals surface area contributed by atoms with E-state index in [2.05, 4.69) is 25.5 Å². The normalized spacial score (nSPS) is 10.3. The highest BCUT2D eigenvalue weighted by molar-refractivity contribution is 5.28. The Balaban J connectivity index is 2.14. The maximum Gasteiger partial charge on any atom is 0.342 e. The molecule has 0 spiro atoms. The van der Waals surface area contributed by atoms with Gasteiger partial charge in [0.1, 0.15) is 5.82 Å². The fraction of sp³-hybridized carbons (Fsp3) is 0.250. The Morgan fingerprint density at radius 1 is 1.50 bits per heavy atom. The lowest BCUT2D eigenvalue weighted by Gasteiger charge is -2.03. The van der Waals surface area contributed by atoms with Gasteiger partial charge in [-0.25, -0.2) is 14.9 Å². The number of H-pyrrole nitrogens is 2. The van der Waals surface area contributed by atoms with E-state index in [0.29, 0.717) is 6.54 Å². The highest BCUT2D eigenvalue weighted by atomic mass is 16.2. The Labute approximate surface area is 89.4 Å². The molecular formula is C8H10N6O2. The number of hydrogen-bond donors (Lipinski definition) is 3. The first-order valence-electron chi connectivity index (χ1n) is 4.56. The van der Waals surface area contributed by atoms with Gasteiger partial charge in [0.2, 0.25) is 5.82 Å². The average molecular weight is 222 g/mol. The molecule has 16 heavy (non-hydrogen) atoms. The predicted octanol–water partition coefficient (Wildman–Crippen LogP) is -1.20. The molecule has 2 aromatic rings. The van der Waals surface area contributed by atoms with Crippen LogP contribution >= 0.6 is 0 Å². The van der Waals surface area contributed by atoms with Crippen molar-refractivity contribution in [2.24, 2.45) is 7.05 Å². The van der Waals surface area contributed by atoms with E-state index in [1.54, 1.807) is 12.4 Å². The zero-order valence-electron chi connectivity index (χ0n) is 8.52. The molecule has 2 heterocycles. The second-order valence-electron chi connectivity index (χ2n) is 3.16. The van der Waals surface area contributed by atoms with Crippen molar-refractivity contribution in [1.82, 2.24) is 24.7 Å². The Morgan fingerprint density at radius 2 is 2.31 bits per heavy atom. The molecule has 0 atom stereocenters. The van der Waals surface area contributed by atoms with E-state index >= 15 is 0 Å². The van der Waals surface area contributed by atoms with Gasteiger partial charge in [-0.05, 0) is 0 Å². The van der Waals surface area contributed by atoms with Gasteiger partial charge in [-0.15, -0.1) is 5.10 Å². The molecule has 0 aliphatic heterocycles. The summed E-state index contributed by atoms with van der Waals surface area (Å²) < 4.78 is 1.81. The Kier molecular flexibility index (Phi) is 2.54. The minimum atomic E-state index is -0.632.